The molecule has 0 radical (unpaired) electrons. The molecule has 1 amide bonds. The Bertz CT molecular complexity index is 912. The lowest BCUT2D eigenvalue weighted by molar-refractivity contribution is -0.118. The maximum absolute atomic E-state index is 12.5. The monoisotopic (exact) mass is 353 g/mol. The lowest BCUT2D eigenvalue weighted by atomic mass is 9.89. The highest BCUT2D eigenvalue weighted by atomic mass is 16.5. The molecule has 2 aromatic rings. The van der Waals surface area contributed by atoms with Gasteiger partial charge in [0.15, 0.2) is 16.9 Å². The molecule has 0 bridgehead atoms. The summed E-state index contributed by atoms with van der Waals surface area (Å²) < 4.78 is 16.1. The van der Waals surface area contributed by atoms with E-state index < -0.39 is 0 Å². The second-order valence-corrected chi connectivity index (χ2v) is 5.75. The molecule has 0 unspecified atom stereocenters. The molecule has 134 valence electrons. The van der Waals surface area contributed by atoms with Crippen LogP contribution in [0.25, 0.3) is 0 Å². The predicted molar refractivity (Wildman–Crippen MR) is 98.2 cm³/mol. The van der Waals surface area contributed by atoms with Gasteiger partial charge in [-0.05, 0) is 17.7 Å². The van der Waals surface area contributed by atoms with Crippen molar-refractivity contribution in [1.82, 2.24) is 0 Å². The van der Waals surface area contributed by atoms with E-state index in [1.165, 1.54) is 33.5 Å². The number of anilines is 1. The minimum atomic E-state index is -0.364. The Kier molecular flexibility index (Phi) is 4.67. The van der Waals surface area contributed by atoms with Crippen molar-refractivity contribution in [2.45, 2.75) is 6.04 Å². The van der Waals surface area contributed by atoms with E-state index in [4.69, 9.17) is 14.2 Å². The SMILES string of the molecule is C=C1C(=O)N(c2cc(OC)c(OC)c(OC)c2)[C@H]1c1cccc(=O)cc1. The summed E-state index contributed by atoms with van der Waals surface area (Å²) in [5.74, 6) is 1.15. The van der Waals surface area contributed by atoms with E-state index in [9.17, 15) is 9.59 Å². The second kappa shape index (κ2) is 6.92. The Hall–Kier alpha value is -3.28. The number of methoxy groups -OCH3 is 3. The van der Waals surface area contributed by atoms with Crippen molar-refractivity contribution in [2.24, 2.45) is 0 Å². The Balaban J connectivity index is 2.10. The van der Waals surface area contributed by atoms with Crippen LogP contribution in [-0.4, -0.2) is 27.2 Å². The molecule has 1 heterocycles. The summed E-state index contributed by atoms with van der Waals surface area (Å²) in [5.41, 5.74) is 1.74. The predicted octanol–water partition coefficient (Wildman–Crippen LogP) is 2.72. The highest BCUT2D eigenvalue weighted by Crippen LogP contribution is 2.47. The van der Waals surface area contributed by atoms with E-state index in [0.717, 1.165) is 5.56 Å². The molecule has 0 aromatic heterocycles. The molecule has 1 aliphatic heterocycles. The van der Waals surface area contributed by atoms with Crippen molar-refractivity contribution < 1.29 is 19.0 Å². The Morgan fingerprint density at radius 1 is 0.923 bits per heavy atom. The Morgan fingerprint density at radius 3 is 2.15 bits per heavy atom. The van der Waals surface area contributed by atoms with Crippen LogP contribution in [0, 0.1) is 0 Å². The van der Waals surface area contributed by atoms with Crippen LogP contribution in [0.3, 0.4) is 0 Å². The topological polar surface area (TPSA) is 65.1 Å². The van der Waals surface area contributed by atoms with Gasteiger partial charge in [0.2, 0.25) is 5.75 Å². The van der Waals surface area contributed by atoms with Gasteiger partial charge in [-0.2, -0.15) is 0 Å². The maximum atomic E-state index is 12.5. The molecule has 2 aromatic carbocycles. The number of rotatable bonds is 5. The van der Waals surface area contributed by atoms with Gasteiger partial charge in [0, 0.05) is 17.7 Å². The number of β-lactam (4-membered cyclic amide) rings is 1. The molecule has 6 nitrogen and oxygen atoms in total. The fraction of sp³-hybridized carbons (Fsp3) is 0.200. The molecule has 26 heavy (non-hydrogen) atoms. The summed E-state index contributed by atoms with van der Waals surface area (Å²) in [5, 5.41) is 0. The van der Waals surface area contributed by atoms with Crippen molar-refractivity contribution in [3.8, 4) is 17.2 Å². The van der Waals surface area contributed by atoms with Crippen molar-refractivity contribution in [3.63, 3.8) is 0 Å². The van der Waals surface area contributed by atoms with Crippen LogP contribution in [0.4, 0.5) is 5.69 Å². The summed E-state index contributed by atoms with van der Waals surface area (Å²) in [6, 6.07) is 11.2. The third-order valence-corrected chi connectivity index (χ3v) is 4.31. The molecule has 1 aliphatic rings. The van der Waals surface area contributed by atoms with Gasteiger partial charge < -0.3 is 14.2 Å². The molecule has 1 fully saturated rings. The zero-order chi connectivity index (χ0) is 18.8. The molecule has 0 spiro atoms. The van der Waals surface area contributed by atoms with Gasteiger partial charge in [-0.25, -0.2) is 0 Å². The smallest absolute Gasteiger partial charge is 0.256 e. The van der Waals surface area contributed by atoms with Gasteiger partial charge >= 0.3 is 0 Å². The third kappa shape index (κ3) is 2.79. The van der Waals surface area contributed by atoms with E-state index in [1.807, 2.05) is 0 Å². The average Bonchev–Trinajstić information content (AvgIpc) is 2.88. The largest absolute Gasteiger partial charge is 0.493 e. The van der Waals surface area contributed by atoms with E-state index in [-0.39, 0.29) is 17.4 Å². The number of nitrogens with zero attached hydrogens (tertiary/aromatic N) is 1. The van der Waals surface area contributed by atoms with Gasteiger partial charge in [-0.15, -0.1) is 0 Å². The minimum absolute atomic E-state index is 0.105. The maximum Gasteiger partial charge on any atom is 0.256 e. The van der Waals surface area contributed by atoms with Gasteiger partial charge in [0.1, 0.15) is 0 Å². The second-order valence-electron chi connectivity index (χ2n) is 5.75. The quantitative estimate of drug-likeness (QED) is 0.611. The normalized spacial score (nSPS) is 16.1. The van der Waals surface area contributed by atoms with Crippen LogP contribution < -0.4 is 24.5 Å². The highest BCUT2D eigenvalue weighted by molar-refractivity contribution is 6.15. The molecule has 1 atom stereocenters. The van der Waals surface area contributed by atoms with Crippen molar-refractivity contribution in [2.75, 3.05) is 26.2 Å². The minimum Gasteiger partial charge on any atom is -0.493 e. The van der Waals surface area contributed by atoms with Crippen LogP contribution in [-0.2, 0) is 4.79 Å². The highest BCUT2D eigenvalue weighted by Gasteiger charge is 2.43. The summed E-state index contributed by atoms with van der Waals surface area (Å²) >= 11 is 0. The standard InChI is InChI=1S/C20H19NO5/c1-12-18(13-6-5-7-15(22)9-8-13)21(20(12)23)14-10-16(24-2)19(26-4)17(11-14)25-3/h5-11,18H,1H2,2-4H3/t18-/m1/s1. The first-order valence-corrected chi connectivity index (χ1v) is 7.94. The van der Waals surface area contributed by atoms with Crippen molar-refractivity contribution >= 4 is 11.6 Å². The fourth-order valence-electron chi connectivity index (χ4n) is 3.03. The number of benzene rings is 1. The Labute approximate surface area is 151 Å². The zero-order valence-electron chi connectivity index (χ0n) is 14.8. The van der Waals surface area contributed by atoms with E-state index in [1.54, 1.807) is 35.2 Å². The molecule has 1 saturated heterocycles. The van der Waals surface area contributed by atoms with Gasteiger partial charge in [0.05, 0.1) is 33.1 Å². The zero-order valence-corrected chi connectivity index (χ0v) is 14.8. The Morgan fingerprint density at radius 2 is 1.58 bits per heavy atom. The average molecular weight is 353 g/mol. The first-order valence-electron chi connectivity index (χ1n) is 7.94. The van der Waals surface area contributed by atoms with E-state index in [0.29, 0.717) is 28.5 Å². The van der Waals surface area contributed by atoms with Gasteiger partial charge in [-0.1, -0.05) is 24.8 Å². The van der Waals surface area contributed by atoms with Gasteiger partial charge in [0.25, 0.3) is 5.91 Å². The van der Waals surface area contributed by atoms with Crippen molar-refractivity contribution in [1.29, 1.82) is 0 Å². The van der Waals surface area contributed by atoms with Crippen LogP contribution in [0.1, 0.15) is 11.6 Å². The summed E-state index contributed by atoms with van der Waals surface area (Å²) in [4.78, 5) is 25.6. The number of hydrogen-bond acceptors (Lipinski definition) is 5. The molecule has 3 rings (SSSR count). The molecule has 0 N–H and O–H groups in total. The number of hydrogen-bond donors (Lipinski definition) is 0. The lowest BCUT2D eigenvalue weighted by Crippen LogP contribution is -2.48. The fourth-order valence-corrected chi connectivity index (χ4v) is 3.03. The summed E-state index contributed by atoms with van der Waals surface area (Å²) in [6.07, 6.45) is 0. The van der Waals surface area contributed by atoms with E-state index >= 15 is 0 Å². The van der Waals surface area contributed by atoms with Crippen LogP contribution in [0.2, 0.25) is 0 Å². The first-order chi connectivity index (χ1) is 12.5. The molecule has 6 heteroatoms. The number of carbonyl (C=O) groups is 1. The van der Waals surface area contributed by atoms with Crippen molar-refractivity contribution in [3.05, 3.63) is 70.4 Å². The van der Waals surface area contributed by atoms with Gasteiger partial charge in [-0.3, -0.25) is 14.5 Å². The van der Waals surface area contributed by atoms with E-state index in [2.05, 4.69) is 6.58 Å². The number of carbonyl (C=O) groups excluding carboxylic acids is 1. The van der Waals surface area contributed by atoms with Crippen LogP contribution in [0.5, 0.6) is 17.2 Å². The molecule has 0 aliphatic carbocycles. The third-order valence-electron chi connectivity index (χ3n) is 4.31. The first kappa shape index (κ1) is 17.5. The number of ether oxygens (including phenoxy) is 3. The molecular formula is C20H19NO5. The lowest BCUT2D eigenvalue weighted by Gasteiger charge is -2.42. The number of amides is 1. The molecular weight excluding hydrogens is 334 g/mol. The molecule has 0 saturated carbocycles. The summed E-state index contributed by atoms with van der Waals surface area (Å²) in [7, 11) is 4.55. The summed E-state index contributed by atoms with van der Waals surface area (Å²) in [6.45, 7) is 3.88. The van der Waals surface area contributed by atoms with Crippen LogP contribution >= 0.6 is 0 Å². The van der Waals surface area contributed by atoms with Crippen LogP contribution in [0.15, 0.2) is 59.4 Å².